The van der Waals surface area contributed by atoms with E-state index in [0.717, 1.165) is 19.3 Å². The van der Waals surface area contributed by atoms with Gasteiger partial charge in [-0.05, 0) is 38.7 Å². The number of amides is 1. The zero-order valence-electron chi connectivity index (χ0n) is 12.5. The number of hydrogen-bond acceptors (Lipinski definition) is 2. The van der Waals surface area contributed by atoms with Crippen LogP contribution in [0.1, 0.15) is 43.4 Å². The number of nitrogens with two attached hydrogens (primary N) is 1. The Morgan fingerprint density at radius 1 is 1.30 bits per heavy atom. The lowest BCUT2D eigenvalue weighted by atomic mass is 10.0. The van der Waals surface area contributed by atoms with E-state index in [9.17, 15) is 4.79 Å². The summed E-state index contributed by atoms with van der Waals surface area (Å²) >= 11 is 0. The van der Waals surface area contributed by atoms with Gasteiger partial charge in [0.05, 0.1) is 6.04 Å². The summed E-state index contributed by atoms with van der Waals surface area (Å²) in [6, 6.07) is 8.71. The second-order valence-corrected chi connectivity index (χ2v) is 5.81. The molecule has 3 atom stereocenters. The van der Waals surface area contributed by atoms with Crippen molar-refractivity contribution in [1.29, 1.82) is 0 Å². The van der Waals surface area contributed by atoms with Gasteiger partial charge in [0, 0.05) is 19.0 Å². The second-order valence-electron chi connectivity index (χ2n) is 5.81. The maximum Gasteiger partial charge on any atom is 0.225 e. The topological polar surface area (TPSA) is 46.3 Å². The molecular weight excluding hydrogens is 272 g/mol. The van der Waals surface area contributed by atoms with Crippen LogP contribution in [0.3, 0.4) is 0 Å². The Labute approximate surface area is 127 Å². The molecule has 0 radical (unpaired) electrons. The van der Waals surface area contributed by atoms with Crippen molar-refractivity contribution in [3.63, 3.8) is 0 Å². The predicted octanol–water partition coefficient (Wildman–Crippen LogP) is 3.06. The highest BCUT2D eigenvalue weighted by Gasteiger charge is 2.31. The molecule has 4 heteroatoms. The first kappa shape index (κ1) is 17.0. The molecule has 0 aliphatic heterocycles. The smallest absolute Gasteiger partial charge is 0.225 e. The Bertz CT molecular complexity index is 446. The Kier molecular flexibility index (Phi) is 6.03. The van der Waals surface area contributed by atoms with Gasteiger partial charge in [0.1, 0.15) is 0 Å². The molecular formula is C16H25ClN2O. The summed E-state index contributed by atoms with van der Waals surface area (Å²) in [5, 5.41) is 0. The third kappa shape index (κ3) is 3.74. The number of hydrogen-bond donors (Lipinski definition) is 1. The standard InChI is InChI=1S/C16H24N2O.ClH/c1-11-4-6-13(7-5-11)12(2)18(3)16(19)14-8-9-15(17)10-14;/h4-7,12,14-15H,8-10,17H2,1-3H3;1H. The maximum atomic E-state index is 12.4. The first-order valence-electron chi connectivity index (χ1n) is 7.08. The van der Waals surface area contributed by atoms with Crippen LogP contribution in [0.2, 0.25) is 0 Å². The molecule has 1 aromatic rings. The van der Waals surface area contributed by atoms with Gasteiger partial charge in [0.25, 0.3) is 0 Å². The van der Waals surface area contributed by atoms with Gasteiger partial charge in [0.2, 0.25) is 5.91 Å². The number of aryl methyl sites for hydroxylation is 1. The summed E-state index contributed by atoms with van der Waals surface area (Å²) in [5.41, 5.74) is 8.32. The molecule has 1 amide bonds. The first-order chi connectivity index (χ1) is 8.99. The average molecular weight is 297 g/mol. The fourth-order valence-electron chi connectivity index (χ4n) is 2.79. The maximum absolute atomic E-state index is 12.4. The van der Waals surface area contributed by atoms with E-state index in [-0.39, 0.29) is 36.3 Å². The minimum absolute atomic E-state index is 0. The molecule has 1 saturated carbocycles. The number of carbonyl (C=O) groups is 1. The van der Waals surface area contributed by atoms with Crippen molar-refractivity contribution in [2.45, 2.75) is 45.2 Å². The third-order valence-electron chi connectivity index (χ3n) is 4.31. The number of nitrogens with zero attached hydrogens (tertiary/aromatic N) is 1. The lowest BCUT2D eigenvalue weighted by molar-refractivity contribution is -0.136. The van der Waals surface area contributed by atoms with Crippen LogP contribution < -0.4 is 5.73 Å². The van der Waals surface area contributed by atoms with Gasteiger partial charge in [-0.3, -0.25) is 4.79 Å². The molecule has 0 heterocycles. The normalized spacial score (nSPS) is 23.0. The molecule has 0 aromatic heterocycles. The van der Waals surface area contributed by atoms with Gasteiger partial charge in [-0.15, -0.1) is 12.4 Å². The Hall–Kier alpha value is -1.06. The van der Waals surface area contributed by atoms with Crippen molar-refractivity contribution in [1.82, 2.24) is 4.90 Å². The lowest BCUT2D eigenvalue weighted by Crippen LogP contribution is -2.34. The van der Waals surface area contributed by atoms with Crippen molar-refractivity contribution >= 4 is 18.3 Å². The van der Waals surface area contributed by atoms with Crippen molar-refractivity contribution in [2.75, 3.05) is 7.05 Å². The Morgan fingerprint density at radius 3 is 2.40 bits per heavy atom. The number of carbonyl (C=O) groups excluding carboxylic acids is 1. The Balaban J connectivity index is 0.00000200. The van der Waals surface area contributed by atoms with E-state index in [1.54, 1.807) is 0 Å². The van der Waals surface area contributed by atoms with Crippen molar-refractivity contribution in [3.8, 4) is 0 Å². The monoisotopic (exact) mass is 296 g/mol. The average Bonchev–Trinajstić information content (AvgIpc) is 2.84. The zero-order valence-corrected chi connectivity index (χ0v) is 13.3. The zero-order chi connectivity index (χ0) is 14.0. The van der Waals surface area contributed by atoms with Crippen LogP contribution in [0.15, 0.2) is 24.3 Å². The van der Waals surface area contributed by atoms with E-state index in [1.807, 2.05) is 11.9 Å². The number of rotatable bonds is 3. The molecule has 3 nitrogen and oxygen atoms in total. The highest BCUT2D eigenvalue weighted by Crippen LogP contribution is 2.29. The van der Waals surface area contributed by atoms with Crippen LogP contribution >= 0.6 is 12.4 Å². The Morgan fingerprint density at radius 2 is 1.90 bits per heavy atom. The second kappa shape index (κ2) is 7.09. The van der Waals surface area contributed by atoms with Gasteiger partial charge >= 0.3 is 0 Å². The molecule has 2 rings (SSSR count). The van der Waals surface area contributed by atoms with Crippen LogP contribution in [0.5, 0.6) is 0 Å². The molecule has 0 saturated heterocycles. The van der Waals surface area contributed by atoms with E-state index in [4.69, 9.17) is 5.73 Å². The summed E-state index contributed by atoms with van der Waals surface area (Å²) in [7, 11) is 1.90. The fraction of sp³-hybridized carbons (Fsp3) is 0.562. The van der Waals surface area contributed by atoms with Crippen molar-refractivity contribution in [3.05, 3.63) is 35.4 Å². The lowest BCUT2D eigenvalue weighted by Gasteiger charge is -2.28. The first-order valence-corrected chi connectivity index (χ1v) is 7.08. The van der Waals surface area contributed by atoms with E-state index in [2.05, 4.69) is 38.1 Å². The quantitative estimate of drug-likeness (QED) is 0.932. The van der Waals surface area contributed by atoms with Crippen LogP contribution in [-0.2, 0) is 4.79 Å². The van der Waals surface area contributed by atoms with Gasteiger partial charge in [-0.1, -0.05) is 29.8 Å². The molecule has 1 fully saturated rings. The molecule has 3 unspecified atom stereocenters. The van der Waals surface area contributed by atoms with Crippen molar-refractivity contribution < 1.29 is 4.79 Å². The number of halogens is 1. The summed E-state index contributed by atoms with van der Waals surface area (Å²) in [6.45, 7) is 4.15. The van der Waals surface area contributed by atoms with Crippen LogP contribution in [-0.4, -0.2) is 23.9 Å². The van der Waals surface area contributed by atoms with E-state index in [0.29, 0.717) is 0 Å². The summed E-state index contributed by atoms with van der Waals surface area (Å²) in [5.74, 6) is 0.355. The molecule has 1 aromatic carbocycles. The summed E-state index contributed by atoms with van der Waals surface area (Å²) < 4.78 is 0. The van der Waals surface area contributed by atoms with Crippen molar-refractivity contribution in [2.24, 2.45) is 11.7 Å². The molecule has 112 valence electrons. The van der Waals surface area contributed by atoms with E-state index >= 15 is 0 Å². The minimum atomic E-state index is 0. The van der Waals surface area contributed by atoms with Gasteiger partial charge in [-0.25, -0.2) is 0 Å². The van der Waals surface area contributed by atoms with Crippen LogP contribution in [0.4, 0.5) is 0 Å². The minimum Gasteiger partial charge on any atom is -0.339 e. The van der Waals surface area contributed by atoms with Gasteiger partial charge in [0.15, 0.2) is 0 Å². The summed E-state index contributed by atoms with van der Waals surface area (Å²) in [6.07, 6.45) is 2.75. The summed E-state index contributed by atoms with van der Waals surface area (Å²) in [4.78, 5) is 14.3. The van der Waals surface area contributed by atoms with Gasteiger partial charge < -0.3 is 10.6 Å². The molecule has 0 bridgehead atoms. The van der Waals surface area contributed by atoms with E-state index in [1.165, 1.54) is 11.1 Å². The van der Waals surface area contributed by atoms with Gasteiger partial charge in [-0.2, -0.15) is 0 Å². The van der Waals surface area contributed by atoms with E-state index < -0.39 is 0 Å². The fourth-order valence-corrected chi connectivity index (χ4v) is 2.79. The predicted molar refractivity (Wildman–Crippen MR) is 84.9 cm³/mol. The van der Waals surface area contributed by atoms with Crippen LogP contribution in [0, 0.1) is 12.8 Å². The highest BCUT2D eigenvalue weighted by atomic mass is 35.5. The molecule has 20 heavy (non-hydrogen) atoms. The molecule has 1 aliphatic rings. The number of benzene rings is 1. The largest absolute Gasteiger partial charge is 0.339 e. The van der Waals surface area contributed by atoms with Crippen LogP contribution in [0.25, 0.3) is 0 Å². The third-order valence-corrected chi connectivity index (χ3v) is 4.31. The molecule has 1 aliphatic carbocycles. The molecule has 0 spiro atoms. The molecule has 2 N–H and O–H groups in total. The SMILES string of the molecule is Cc1ccc(C(C)N(C)C(=O)C2CCC(N)C2)cc1.Cl. The highest BCUT2D eigenvalue weighted by molar-refractivity contribution is 5.85.